The molecule has 0 unspecified atom stereocenters. The van der Waals surface area contributed by atoms with Gasteiger partial charge in [0.1, 0.15) is 0 Å². The summed E-state index contributed by atoms with van der Waals surface area (Å²) in [6.07, 6.45) is 2.19. The number of cyclic esters (lactones) is 1. The lowest BCUT2D eigenvalue weighted by molar-refractivity contribution is -0.162. The molecule has 16 heavy (non-hydrogen) atoms. The minimum absolute atomic E-state index is 0.132. The molecule has 1 aromatic rings. The fourth-order valence-electron chi connectivity index (χ4n) is 2.04. The Labute approximate surface area is 109 Å². The first kappa shape index (κ1) is 11.6. The monoisotopic (exact) mass is 328 g/mol. The predicted octanol–water partition coefficient (Wildman–Crippen LogP) is 3.56. The maximum absolute atomic E-state index is 11.5. The summed E-state index contributed by atoms with van der Waals surface area (Å²) in [5.41, 5.74) is 0.402. The predicted molar refractivity (Wildman–Crippen MR) is 71.2 cm³/mol. The molecule has 0 saturated carbocycles. The van der Waals surface area contributed by atoms with Gasteiger partial charge in [-0.3, -0.25) is 4.79 Å². The number of carbonyl (C=O) groups is 1. The molecule has 1 atom stereocenters. The lowest BCUT2D eigenvalue weighted by atomic mass is 9.86. The van der Waals surface area contributed by atoms with Crippen molar-refractivity contribution in [3.63, 3.8) is 0 Å². The van der Waals surface area contributed by atoms with E-state index in [0.717, 1.165) is 22.0 Å². The first-order valence-corrected chi connectivity index (χ1v) is 6.35. The third kappa shape index (κ3) is 2.00. The second-order valence-electron chi connectivity index (χ2n) is 3.93. The maximum Gasteiger partial charge on any atom is 0.307 e. The average Bonchev–Trinajstić information content (AvgIpc) is 2.30. The highest BCUT2D eigenvalue weighted by atomic mass is 127. The van der Waals surface area contributed by atoms with Crippen LogP contribution in [0.4, 0.5) is 0 Å². The van der Waals surface area contributed by atoms with E-state index in [1.165, 1.54) is 0 Å². The number of esters is 1. The minimum atomic E-state index is -0.614. The Morgan fingerprint density at radius 1 is 1.38 bits per heavy atom. The fourth-order valence-corrected chi connectivity index (χ4v) is 2.73. The van der Waals surface area contributed by atoms with Crippen molar-refractivity contribution in [1.82, 2.24) is 0 Å². The number of hydrogen-bond donors (Lipinski definition) is 0. The second kappa shape index (κ2) is 4.57. The van der Waals surface area contributed by atoms with Gasteiger partial charge in [0.2, 0.25) is 0 Å². The Kier molecular flexibility index (Phi) is 3.33. The van der Waals surface area contributed by atoms with Gasteiger partial charge in [-0.15, -0.1) is 0 Å². The summed E-state index contributed by atoms with van der Waals surface area (Å²) >= 11 is 2.16. The van der Waals surface area contributed by atoms with E-state index in [4.69, 9.17) is 4.74 Å². The lowest BCUT2D eigenvalue weighted by Crippen LogP contribution is -2.36. The van der Waals surface area contributed by atoms with E-state index in [1.807, 2.05) is 30.3 Å². The number of carbonyl (C=O) groups excluding carboxylic acids is 1. The van der Waals surface area contributed by atoms with Crippen molar-refractivity contribution >= 4 is 28.6 Å². The van der Waals surface area contributed by atoms with Crippen LogP contribution < -0.4 is 0 Å². The van der Waals surface area contributed by atoms with Crippen molar-refractivity contribution < 1.29 is 9.53 Å². The van der Waals surface area contributed by atoms with Gasteiger partial charge in [0.05, 0.1) is 0 Å². The van der Waals surface area contributed by atoms with Crippen molar-refractivity contribution in [1.29, 1.82) is 0 Å². The van der Waals surface area contributed by atoms with E-state index >= 15 is 0 Å². The van der Waals surface area contributed by atoms with Crippen LogP contribution >= 0.6 is 22.6 Å². The molecule has 0 aliphatic carbocycles. The van der Waals surface area contributed by atoms with Crippen molar-refractivity contribution in [2.75, 3.05) is 0 Å². The highest BCUT2D eigenvalue weighted by Gasteiger charge is 2.40. The van der Waals surface area contributed by atoms with E-state index in [-0.39, 0.29) is 5.97 Å². The van der Waals surface area contributed by atoms with E-state index in [1.54, 1.807) is 0 Å². The summed E-state index contributed by atoms with van der Waals surface area (Å²) in [6, 6.07) is 9.85. The molecule has 0 N–H and O–H groups in total. The molecule has 1 saturated heterocycles. The van der Waals surface area contributed by atoms with E-state index < -0.39 is 5.60 Å². The Bertz CT molecular complexity index is 413. The topological polar surface area (TPSA) is 26.3 Å². The van der Waals surface area contributed by atoms with Gasteiger partial charge in [-0.2, -0.15) is 0 Å². The molecule has 1 heterocycles. The Hall–Kier alpha value is -0.840. The largest absolute Gasteiger partial charge is 0.449 e. The van der Waals surface area contributed by atoms with Gasteiger partial charge in [-0.25, -0.2) is 0 Å². The summed E-state index contributed by atoms with van der Waals surface area (Å²) in [5.74, 6) is -0.132. The molecular formula is C13H13IO2. The fraction of sp³-hybridized carbons (Fsp3) is 0.308. The third-order valence-electron chi connectivity index (χ3n) is 2.88. The molecule has 84 valence electrons. The summed E-state index contributed by atoms with van der Waals surface area (Å²) in [4.78, 5) is 11.5. The molecule has 1 aromatic carbocycles. The van der Waals surface area contributed by atoms with Crippen LogP contribution in [0.5, 0.6) is 0 Å². The molecule has 2 nitrogen and oxygen atoms in total. The first-order chi connectivity index (χ1) is 7.65. The Balaban J connectivity index is 2.43. The van der Waals surface area contributed by atoms with E-state index in [9.17, 15) is 4.79 Å². The van der Waals surface area contributed by atoms with Crippen LogP contribution in [0, 0.1) is 0 Å². The van der Waals surface area contributed by atoms with Gasteiger partial charge in [-0.05, 0) is 35.4 Å². The maximum atomic E-state index is 11.5. The van der Waals surface area contributed by atoms with Gasteiger partial charge >= 0.3 is 5.97 Å². The van der Waals surface area contributed by atoms with Crippen LogP contribution in [-0.4, -0.2) is 5.97 Å². The molecule has 2 rings (SSSR count). The highest BCUT2D eigenvalue weighted by molar-refractivity contribution is 14.1. The highest BCUT2D eigenvalue weighted by Crippen LogP contribution is 2.43. The van der Waals surface area contributed by atoms with Gasteiger partial charge in [-0.1, -0.05) is 36.9 Å². The van der Waals surface area contributed by atoms with Gasteiger partial charge < -0.3 is 4.74 Å². The molecule has 0 spiro atoms. The second-order valence-corrected chi connectivity index (χ2v) is 5.23. The third-order valence-corrected chi connectivity index (χ3v) is 3.75. The van der Waals surface area contributed by atoms with Gasteiger partial charge in [0.15, 0.2) is 5.60 Å². The normalized spacial score (nSPS) is 24.9. The molecule has 1 aliphatic heterocycles. The summed E-state index contributed by atoms with van der Waals surface area (Å²) < 4.78 is 6.44. The van der Waals surface area contributed by atoms with Crippen LogP contribution in [0.25, 0.3) is 0 Å². The van der Waals surface area contributed by atoms with Crippen molar-refractivity contribution in [2.24, 2.45) is 0 Å². The van der Waals surface area contributed by atoms with Crippen LogP contribution in [-0.2, 0) is 15.1 Å². The van der Waals surface area contributed by atoms with Gasteiger partial charge in [0.25, 0.3) is 0 Å². The molecule has 3 heteroatoms. The van der Waals surface area contributed by atoms with Crippen molar-refractivity contribution in [3.05, 3.63) is 46.1 Å². The lowest BCUT2D eigenvalue weighted by Gasteiger charge is -2.36. The summed E-state index contributed by atoms with van der Waals surface area (Å²) in [7, 11) is 0. The molecule has 0 aromatic heterocycles. The quantitative estimate of drug-likeness (QED) is 0.613. The molecule has 1 aliphatic rings. The van der Waals surface area contributed by atoms with E-state index in [0.29, 0.717) is 6.42 Å². The van der Waals surface area contributed by atoms with Crippen LogP contribution in [0.3, 0.4) is 0 Å². The molecule has 0 amide bonds. The first-order valence-electron chi connectivity index (χ1n) is 5.27. The number of hydrogen-bond acceptors (Lipinski definition) is 2. The molecular weight excluding hydrogens is 315 g/mol. The number of halogens is 1. The van der Waals surface area contributed by atoms with Crippen molar-refractivity contribution in [3.8, 4) is 0 Å². The average molecular weight is 328 g/mol. The number of rotatable bonds is 2. The molecule has 0 bridgehead atoms. The molecule has 0 radical (unpaired) electrons. The standard InChI is InChI=1S/C13H13IO2/c1-10(14)13(9-5-8-12(15)16-13)11-6-3-2-4-7-11/h2-4,6-7H,1,5,8-9H2/t13-/m1/s1. The van der Waals surface area contributed by atoms with Crippen LogP contribution in [0.1, 0.15) is 24.8 Å². The smallest absolute Gasteiger partial charge is 0.307 e. The molecule has 1 fully saturated rings. The summed E-state index contributed by atoms with van der Waals surface area (Å²) in [5, 5.41) is 0. The van der Waals surface area contributed by atoms with Gasteiger partial charge in [0, 0.05) is 15.6 Å². The number of ether oxygens (including phenoxy) is 1. The zero-order valence-corrected chi connectivity index (χ0v) is 11.1. The van der Waals surface area contributed by atoms with Crippen molar-refractivity contribution in [2.45, 2.75) is 24.9 Å². The number of benzene rings is 1. The summed E-state index contributed by atoms with van der Waals surface area (Å²) in [6.45, 7) is 3.97. The van der Waals surface area contributed by atoms with E-state index in [2.05, 4.69) is 29.2 Å². The van der Waals surface area contributed by atoms with Crippen LogP contribution in [0.2, 0.25) is 0 Å². The SMILES string of the molecule is C=C(I)[C@@]1(c2ccccc2)CCCC(=O)O1. The zero-order chi connectivity index (χ0) is 11.6. The zero-order valence-electron chi connectivity index (χ0n) is 8.91. The minimum Gasteiger partial charge on any atom is -0.449 e. The Morgan fingerprint density at radius 2 is 2.06 bits per heavy atom. The van der Waals surface area contributed by atoms with Crippen LogP contribution in [0.15, 0.2) is 40.5 Å². The Morgan fingerprint density at radius 3 is 2.62 bits per heavy atom.